The lowest BCUT2D eigenvalue weighted by molar-refractivity contribution is 0.458. The van der Waals surface area contributed by atoms with E-state index in [1.54, 1.807) is 0 Å². The van der Waals surface area contributed by atoms with Crippen molar-refractivity contribution in [2.24, 2.45) is 0 Å². The van der Waals surface area contributed by atoms with E-state index in [9.17, 15) is 0 Å². The Morgan fingerprint density at radius 3 is 2.64 bits per heavy atom. The van der Waals surface area contributed by atoms with Gasteiger partial charge in [0.15, 0.2) is 0 Å². The van der Waals surface area contributed by atoms with Crippen molar-refractivity contribution in [3.8, 4) is 0 Å². The summed E-state index contributed by atoms with van der Waals surface area (Å²) in [5.41, 5.74) is 0. The number of rotatable bonds is 6. The molecule has 0 spiro atoms. The molecule has 2 heteroatoms. The van der Waals surface area contributed by atoms with Gasteiger partial charge in [-0.2, -0.15) is 0 Å². The summed E-state index contributed by atoms with van der Waals surface area (Å²) in [7, 11) is 0. The first-order valence-corrected chi connectivity index (χ1v) is 5.36. The van der Waals surface area contributed by atoms with Crippen LogP contribution in [0.25, 0.3) is 0 Å². The number of unbranched alkanes of at least 4 members (excludes halogenated alkanes) is 2. The maximum Gasteiger partial charge on any atom is 0.110 e. The summed E-state index contributed by atoms with van der Waals surface area (Å²) < 4.78 is 5.32. The van der Waals surface area contributed by atoms with Crippen LogP contribution in [0.4, 0.5) is 0 Å². The van der Waals surface area contributed by atoms with E-state index in [0.29, 0.717) is 0 Å². The van der Waals surface area contributed by atoms with E-state index in [2.05, 4.69) is 6.92 Å². The Hall–Kier alpha value is -0.110. The molecule has 11 heavy (non-hydrogen) atoms. The Labute approximate surface area is 74.4 Å². The third-order valence-electron chi connectivity index (χ3n) is 1.54. The predicted molar refractivity (Wildman–Crippen MR) is 52.5 cm³/mol. The van der Waals surface area contributed by atoms with Crippen LogP contribution in [0.3, 0.4) is 0 Å². The van der Waals surface area contributed by atoms with Crippen LogP contribution in [-0.4, -0.2) is 6.26 Å². The van der Waals surface area contributed by atoms with Crippen LogP contribution in [0.1, 0.15) is 39.5 Å². The van der Waals surface area contributed by atoms with Crippen molar-refractivity contribution in [2.75, 3.05) is 6.26 Å². The lowest BCUT2D eigenvalue weighted by Crippen LogP contribution is -1.84. The molecule has 66 valence electrons. The molecule has 0 fully saturated rings. The van der Waals surface area contributed by atoms with E-state index in [4.69, 9.17) is 4.18 Å². The average Bonchev–Trinajstić information content (AvgIpc) is 2.03. The highest BCUT2D eigenvalue weighted by Gasteiger charge is 1.95. The van der Waals surface area contributed by atoms with Gasteiger partial charge >= 0.3 is 0 Å². The van der Waals surface area contributed by atoms with E-state index < -0.39 is 0 Å². The quantitative estimate of drug-likeness (QED) is 0.344. The van der Waals surface area contributed by atoms with Gasteiger partial charge in [0.05, 0.1) is 12.0 Å². The summed E-state index contributed by atoms with van der Waals surface area (Å²) in [5, 5.41) is 0. The fourth-order valence-electron chi connectivity index (χ4n) is 0.890. The Morgan fingerprint density at radius 2 is 2.18 bits per heavy atom. The zero-order valence-electron chi connectivity index (χ0n) is 7.72. The predicted octanol–water partition coefficient (Wildman–Crippen LogP) is 3.77. The lowest BCUT2D eigenvalue weighted by atomic mass is 10.2. The Kier molecular flexibility index (Phi) is 7.91. The van der Waals surface area contributed by atoms with Crippen molar-refractivity contribution < 1.29 is 4.18 Å². The minimum Gasteiger partial charge on any atom is -0.431 e. The molecule has 0 radical (unpaired) electrons. The zero-order chi connectivity index (χ0) is 8.53. The van der Waals surface area contributed by atoms with Gasteiger partial charge in [0.25, 0.3) is 0 Å². The first-order chi connectivity index (χ1) is 5.35. The van der Waals surface area contributed by atoms with Crippen molar-refractivity contribution in [1.82, 2.24) is 0 Å². The second-order valence-electron chi connectivity index (χ2n) is 2.46. The SMILES string of the molecule is C/C=C(/CCCCC)OSC. The molecule has 0 aromatic rings. The molecule has 0 amide bonds. The molecule has 0 bridgehead atoms. The molecular weight excluding hydrogens is 156 g/mol. The fraction of sp³-hybridized carbons (Fsp3) is 0.778. The van der Waals surface area contributed by atoms with Gasteiger partial charge in [0.2, 0.25) is 0 Å². The third kappa shape index (κ3) is 6.29. The fourth-order valence-corrected chi connectivity index (χ4v) is 1.28. The van der Waals surface area contributed by atoms with Crippen LogP contribution in [0.15, 0.2) is 11.8 Å². The molecule has 0 atom stereocenters. The van der Waals surface area contributed by atoms with Crippen LogP contribution in [0.5, 0.6) is 0 Å². The molecule has 0 unspecified atom stereocenters. The molecule has 0 aromatic carbocycles. The van der Waals surface area contributed by atoms with E-state index in [-0.39, 0.29) is 0 Å². The molecule has 0 aromatic heterocycles. The highest BCUT2D eigenvalue weighted by molar-refractivity contribution is 7.94. The minimum atomic E-state index is 1.09. The van der Waals surface area contributed by atoms with Crippen LogP contribution in [-0.2, 0) is 4.18 Å². The highest BCUT2D eigenvalue weighted by Crippen LogP contribution is 2.14. The van der Waals surface area contributed by atoms with Crippen molar-refractivity contribution >= 4 is 12.0 Å². The normalized spacial score (nSPS) is 11.7. The van der Waals surface area contributed by atoms with Gasteiger partial charge in [-0.3, -0.25) is 0 Å². The van der Waals surface area contributed by atoms with Crippen molar-refractivity contribution in [1.29, 1.82) is 0 Å². The molecule has 0 N–H and O–H groups in total. The highest BCUT2D eigenvalue weighted by atomic mass is 32.2. The number of hydrogen-bond acceptors (Lipinski definition) is 2. The second-order valence-corrected chi connectivity index (χ2v) is 2.96. The average molecular weight is 174 g/mol. The Balaban J connectivity index is 3.37. The summed E-state index contributed by atoms with van der Waals surface area (Å²) >= 11 is 1.42. The molecule has 0 rings (SSSR count). The molecule has 1 nitrogen and oxygen atoms in total. The van der Waals surface area contributed by atoms with E-state index in [1.807, 2.05) is 19.3 Å². The molecule has 0 saturated heterocycles. The summed E-state index contributed by atoms with van der Waals surface area (Å²) in [5.74, 6) is 1.12. The van der Waals surface area contributed by atoms with Crippen LogP contribution < -0.4 is 0 Å². The van der Waals surface area contributed by atoms with Crippen molar-refractivity contribution in [3.05, 3.63) is 11.8 Å². The molecule has 0 heterocycles. The maximum absolute atomic E-state index is 5.32. The van der Waals surface area contributed by atoms with Gasteiger partial charge in [-0.1, -0.05) is 19.8 Å². The molecule has 0 aliphatic heterocycles. The van der Waals surface area contributed by atoms with Crippen molar-refractivity contribution in [3.63, 3.8) is 0 Å². The van der Waals surface area contributed by atoms with E-state index >= 15 is 0 Å². The summed E-state index contributed by atoms with van der Waals surface area (Å²) in [6.45, 7) is 4.24. The van der Waals surface area contributed by atoms with Crippen molar-refractivity contribution in [2.45, 2.75) is 39.5 Å². The molecule has 0 aliphatic rings. The van der Waals surface area contributed by atoms with E-state index in [0.717, 1.165) is 12.2 Å². The topological polar surface area (TPSA) is 9.23 Å². The first-order valence-electron chi connectivity index (χ1n) is 4.21. The van der Waals surface area contributed by atoms with Gasteiger partial charge in [-0.25, -0.2) is 0 Å². The number of hydrogen-bond donors (Lipinski definition) is 0. The van der Waals surface area contributed by atoms with Crippen LogP contribution >= 0.6 is 12.0 Å². The summed E-state index contributed by atoms with van der Waals surface area (Å²) in [6.07, 6.45) is 8.91. The van der Waals surface area contributed by atoms with Crippen LogP contribution in [0.2, 0.25) is 0 Å². The first kappa shape index (κ1) is 10.9. The summed E-state index contributed by atoms with van der Waals surface area (Å²) in [6, 6.07) is 0. The van der Waals surface area contributed by atoms with Gasteiger partial charge in [0, 0.05) is 12.7 Å². The second kappa shape index (κ2) is 7.99. The van der Waals surface area contributed by atoms with Gasteiger partial charge in [-0.15, -0.1) is 0 Å². The zero-order valence-corrected chi connectivity index (χ0v) is 8.54. The Morgan fingerprint density at radius 1 is 1.45 bits per heavy atom. The van der Waals surface area contributed by atoms with Gasteiger partial charge in [0.1, 0.15) is 5.76 Å². The van der Waals surface area contributed by atoms with Gasteiger partial charge in [-0.05, 0) is 19.4 Å². The third-order valence-corrected chi connectivity index (χ3v) is 1.92. The maximum atomic E-state index is 5.32. The molecule has 0 aliphatic carbocycles. The Bertz CT molecular complexity index is 110. The van der Waals surface area contributed by atoms with Crippen LogP contribution in [0, 0.1) is 0 Å². The van der Waals surface area contributed by atoms with Gasteiger partial charge < -0.3 is 4.18 Å². The minimum absolute atomic E-state index is 1.09. The molecule has 0 saturated carbocycles. The lowest BCUT2D eigenvalue weighted by Gasteiger charge is -2.04. The largest absolute Gasteiger partial charge is 0.431 e. The number of allylic oxidation sites excluding steroid dienone is 2. The standard InChI is InChI=1S/C9H18OS/c1-4-6-7-8-9(5-2)10-11-3/h5H,4,6-8H2,1-3H3/b9-5-. The molecular formula is C9H18OS. The monoisotopic (exact) mass is 174 g/mol. The smallest absolute Gasteiger partial charge is 0.110 e. The van der Waals surface area contributed by atoms with E-state index in [1.165, 1.54) is 31.3 Å². The summed E-state index contributed by atoms with van der Waals surface area (Å²) in [4.78, 5) is 0.